The molecular weight excluding hydrogens is 441 g/mol. The first-order valence-corrected chi connectivity index (χ1v) is 9.81. The maximum atomic E-state index is 12.5. The van der Waals surface area contributed by atoms with Gasteiger partial charge in [-0.05, 0) is 35.2 Å². The third-order valence-corrected chi connectivity index (χ3v) is 4.98. The topological polar surface area (TPSA) is 66.0 Å². The van der Waals surface area contributed by atoms with Crippen molar-refractivity contribution < 1.29 is 23.7 Å². The van der Waals surface area contributed by atoms with Crippen molar-refractivity contribution in [3.8, 4) is 23.0 Å². The van der Waals surface area contributed by atoms with Crippen molar-refractivity contribution in [1.82, 2.24) is 5.32 Å². The summed E-state index contributed by atoms with van der Waals surface area (Å²) in [6.45, 7) is 6.15. The Bertz CT molecular complexity index is 923. The summed E-state index contributed by atoms with van der Waals surface area (Å²) in [6.07, 6.45) is -0.954. The molecule has 1 aliphatic heterocycles. The first-order chi connectivity index (χ1) is 13.4. The molecule has 2 aromatic rings. The van der Waals surface area contributed by atoms with Gasteiger partial charge >= 0.3 is 12.0 Å². The lowest BCUT2D eigenvalue weighted by atomic mass is 9.87. The van der Waals surface area contributed by atoms with Gasteiger partial charge in [-0.15, -0.1) is 0 Å². The molecule has 0 radical (unpaired) electrons. The van der Waals surface area contributed by atoms with Crippen LogP contribution in [0, 0.1) is 0 Å². The van der Waals surface area contributed by atoms with E-state index in [0.29, 0.717) is 17.2 Å². The highest BCUT2D eigenvalue weighted by Crippen LogP contribution is 2.49. The third-order valence-electron chi connectivity index (χ3n) is 4.23. The molecule has 0 saturated heterocycles. The summed E-state index contributed by atoms with van der Waals surface area (Å²) in [5.74, 6) is -0.923. The zero-order valence-corrected chi connectivity index (χ0v) is 18.5. The summed E-state index contributed by atoms with van der Waals surface area (Å²) in [6, 6.07) is 12.0. The molecule has 0 fully saturated rings. The van der Waals surface area contributed by atoms with Crippen LogP contribution in [0.25, 0.3) is 0 Å². The van der Waals surface area contributed by atoms with Crippen LogP contribution < -0.4 is 24.3 Å². The minimum absolute atomic E-state index is 0.139. The molecule has 1 amide bonds. The van der Waals surface area contributed by atoms with Crippen LogP contribution in [0.2, 0.25) is 0 Å². The largest absolute Gasteiger partial charge is 0.493 e. The predicted octanol–water partition coefficient (Wildman–Crippen LogP) is 5.58. The quantitative estimate of drug-likeness (QED) is 0.606. The minimum Gasteiger partial charge on any atom is -0.493 e. The summed E-state index contributed by atoms with van der Waals surface area (Å²) >= 11 is 18.3. The smallest absolute Gasteiger partial charge is 0.418 e. The molecule has 0 saturated carbocycles. The molecule has 0 aliphatic carbocycles. The number of halogens is 3. The Kier molecular flexibility index (Phi) is 5.73. The number of nitrogens with one attached hydrogen (secondary N) is 1. The van der Waals surface area contributed by atoms with Crippen LogP contribution in [-0.2, 0) is 5.41 Å². The average Bonchev–Trinajstić information content (AvgIpc) is 2.99. The van der Waals surface area contributed by atoms with Gasteiger partial charge in [-0.2, -0.15) is 0 Å². The minimum atomic E-state index is -2.17. The van der Waals surface area contributed by atoms with Crippen molar-refractivity contribution in [1.29, 1.82) is 0 Å². The number of hydrogen-bond acceptors (Lipinski definition) is 5. The number of rotatable bonds is 3. The van der Waals surface area contributed by atoms with Gasteiger partial charge in [0.05, 0.1) is 7.11 Å². The molecule has 1 atom stereocenters. The lowest BCUT2D eigenvalue weighted by Gasteiger charge is -2.33. The van der Waals surface area contributed by atoms with Gasteiger partial charge in [0.25, 0.3) is 3.79 Å². The number of methoxy groups -OCH3 is 1. The van der Waals surface area contributed by atoms with Crippen LogP contribution in [0.4, 0.5) is 4.79 Å². The van der Waals surface area contributed by atoms with E-state index >= 15 is 0 Å². The summed E-state index contributed by atoms with van der Waals surface area (Å²) in [7, 11) is 1.45. The van der Waals surface area contributed by atoms with E-state index in [-0.39, 0.29) is 11.2 Å². The fourth-order valence-corrected chi connectivity index (χ4v) is 3.04. The lowest BCUT2D eigenvalue weighted by molar-refractivity contribution is -0.0965. The summed E-state index contributed by atoms with van der Waals surface area (Å²) in [4.78, 5) is 12.5. The van der Waals surface area contributed by atoms with Crippen LogP contribution >= 0.6 is 34.8 Å². The first-order valence-electron chi connectivity index (χ1n) is 8.67. The monoisotopic (exact) mass is 459 g/mol. The molecule has 156 valence electrons. The Hall–Kier alpha value is -2.02. The van der Waals surface area contributed by atoms with Crippen molar-refractivity contribution in [2.45, 2.75) is 35.9 Å². The zero-order valence-electron chi connectivity index (χ0n) is 16.2. The fraction of sp³-hybridized carbons (Fsp3) is 0.350. The second-order valence-corrected chi connectivity index (χ2v) is 9.68. The maximum Gasteiger partial charge on any atom is 0.418 e. The Labute approximate surface area is 183 Å². The van der Waals surface area contributed by atoms with Gasteiger partial charge in [0, 0.05) is 0 Å². The number of fused-ring (bicyclic) bond motifs is 1. The van der Waals surface area contributed by atoms with Gasteiger partial charge in [-0.3, -0.25) is 0 Å². The molecule has 29 heavy (non-hydrogen) atoms. The van der Waals surface area contributed by atoms with Crippen LogP contribution in [-0.4, -0.2) is 22.9 Å². The summed E-state index contributed by atoms with van der Waals surface area (Å²) in [5.41, 5.74) is 0.844. The number of carbonyl (C=O) groups is 1. The number of carbonyl (C=O) groups excluding carboxylic acids is 1. The Balaban J connectivity index is 1.86. The average molecular weight is 461 g/mol. The van der Waals surface area contributed by atoms with Crippen molar-refractivity contribution in [3.63, 3.8) is 0 Å². The van der Waals surface area contributed by atoms with Crippen LogP contribution in [0.5, 0.6) is 23.0 Å². The molecule has 2 aromatic carbocycles. The normalized spacial score (nSPS) is 18.3. The third kappa shape index (κ3) is 4.44. The van der Waals surface area contributed by atoms with E-state index in [2.05, 4.69) is 26.1 Å². The number of benzene rings is 2. The van der Waals surface area contributed by atoms with Gasteiger partial charge < -0.3 is 18.9 Å². The number of ether oxygens (including phenoxy) is 4. The number of hydrogen-bond donors (Lipinski definition) is 1. The van der Waals surface area contributed by atoms with Gasteiger partial charge in [-0.1, -0.05) is 73.8 Å². The van der Waals surface area contributed by atoms with Crippen LogP contribution in [0.15, 0.2) is 42.5 Å². The van der Waals surface area contributed by atoms with E-state index < -0.39 is 15.8 Å². The second kappa shape index (κ2) is 7.67. The molecule has 1 heterocycles. The van der Waals surface area contributed by atoms with Crippen LogP contribution in [0.1, 0.15) is 26.3 Å². The van der Waals surface area contributed by atoms with E-state index in [4.69, 9.17) is 53.8 Å². The Morgan fingerprint density at radius 2 is 1.62 bits per heavy atom. The SMILES string of the molecule is COc1ccccc1OC(=O)NC1(C(Cl)(Cl)Cl)Oc2ccc(C(C)(C)C)cc2O1. The van der Waals surface area contributed by atoms with Gasteiger partial charge in [0.1, 0.15) is 0 Å². The predicted molar refractivity (Wildman–Crippen MR) is 112 cm³/mol. The molecule has 0 spiro atoms. The zero-order chi connectivity index (χ0) is 21.4. The molecule has 0 bridgehead atoms. The number of amides is 1. The van der Waals surface area contributed by atoms with Crippen molar-refractivity contribution in [2.24, 2.45) is 0 Å². The van der Waals surface area contributed by atoms with E-state index in [9.17, 15) is 4.79 Å². The van der Waals surface area contributed by atoms with Crippen molar-refractivity contribution in [3.05, 3.63) is 48.0 Å². The Morgan fingerprint density at radius 3 is 2.21 bits per heavy atom. The van der Waals surface area contributed by atoms with E-state index in [1.165, 1.54) is 7.11 Å². The molecule has 0 aromatic heterocycles. The van der Waals surface area contributed by atoms with E-state index in [1.54, 1.807) is 36.4 Å². The fourth-order valence-electron chi connectivity index (χ4n) is 2.67. The maximum absolute atomic E-state index is 12.5. The Morgan fingerprint density at radius 1 is 1.00 bits per heavy atom. The summed E-state index contributed by atoms with van der Waals surface area (Å²) in [5, 5.41) is 2.38. The highest BCUT2D eigenvalue weighted by molar-refractivity contribution is 6.68. The van der Waals surface area contributed by atoms with Crippen molar-refractivity contribution >= 4 is 40.9 Å². The molecular formula is C20H20Cl3NO5. The van der Waals surface area contributed by atoms with Gasteiger partial charge in [0.15, 0.2) is 23.0 Å². The molecule has 9 heteroatoms. The van der Waals surface area contributed by atoms with Crippen LogP contribution in [0.3, 0.4) is 0 Å². The van der Waals surface area contributed by atoms with E-state index in [0.717, 1.165) is 5.56 Å². The van der Waals surface area contributed by atoms with Gasteiger partial charge in [-0.25, -0.2) is 10.1 Å². The standard InChI is InChI=1S/C20H20Cl3NO5/c1-18(2,3)12-9-10-15-16(11-12)29-20(28-15,19(21,22)23)24-17(25)27-14-8-6-5-7-13(14)26-4/h5-11H,1-4H3,(H,24,25). The molecule has 1 unspecified atom stereocenters. The number of alkyl halides is 3. The molecule has 1 N–H and O–H groups in total. The first kappa shape index (κ1) is 21.7. The molecule has 1 aliphatic rings. The summed E-state index contributed by atoms with van der Waals surface area (Å²) < 4.78 is 19.8. The van der Waals surface area contributed by atoms with Crippen molar-refractivity contribution in [2.75, 3.05) is 7.11 Å². The second-order valence-electron chi connectivity index (χ2n) is 7.40. The molecule has 6 nitrogen and oxygen atoms in total. The molecule has 3 rings (SSSR count). The number of para-hydroxylation sites is 2. The van der Waals surface area contributed by atoms with E-state index in [1.807, 2.05) is 6.07 Å². The highest BCUT2D eigenvalue weighted by atomic mass is 35.6. The highest BCUT2D eigenvalue weighted by Gasteiger charge is 2.60. The van der Waals surface area contributed by atoms with Gasteiger partial charge in [0.2, 0.25) is 0 Å². The lowest BCUT2D eigenvalue weighted by Crippen LogP contribution is -2.64.